The van der Waals surface area contributed by atoms with Crippen LogP contribution in [0.4, 0.5) is 0 Å². The molecule has 0 bridgehead atoms. The summed E-state index contributed by atoms with van der Waals surface area (Å²) in [5.41, 5.74) is 0. The van der Waals surface area contributed by atoms with Crippen LogP contribution >= 0.6 is 0 Å². The molecule has 0 N–H and O–H groups in total. The first-order valence-electron chi connectivity index (χ1n) is 0. The molecule has 0 saturated heterocycles. The Kier molecular flexibility index (Phi) is 119. The van der Waals surface area contributed by atoms with Gasteiger partial charge in [0.15, 0.2) is 0 Å². The molecule has 0 rings (SSSR count). The molecule has 0 aromatic heterocycles. The molecule has 0 aromatic rings. The quantitative estimate of drug-likeness (QED) is 0.418. The van der Waals surface area contributed by atoms with Gasteiger partial charge in [-0.2, -0.15) is 0 Å². The third-order valence-corrected chi connectivity index (χ3v) is 0. The molecule has 0 aliphatic rings. The molecule has 0 nitrogen and oxygen atoms in total. The van der Waals surface area contributed by atoms with Gasteiger partial charge in [-0.05, 0) is 0 Å². The fourth-order valence-corrected chi connectivity index (χ4v) is 0. The minimum Gasteiger partial charge on any atom is 0 e. The monoisotopic (exact) mass is 420 g/mol. The average molecular weight is 421 g/mol. The summed E-state index contributed by atoms with van der Waals surface area (Å²) in [6.07, 6.45) is 0. The van der Waals surface area contributed by atoms with Gasteiger partial charge >= 0.3 is 0 Å². The molecule has 12 radical (unpaired) electrons. The summed E-state index contributed by atoms with van der Waals surface area (Å²) in [5, 5.41) is 0. The average Bonchev–Trinajstić information content (AvgIpc) is 0. The Labute approximate surface area is 87.6 Å². The fraction of sp³-hybridized carbons (Fsp3) is 0. The van der Waals surface area contributed by atoms with Gasteiger partial charge in [-0.25, -0.2) is 0 Å². The van der Waals surface area contributed by atoms with Gasteiger partial charge < -0.3 is 0 Å². The predicted molar refractivity (Wildman–Crippen MR) is 23.0 cm³/mol. The molecule has 0 spiro atoms. The molecule has 0 atom stereocenters. The van der Waals surface area contributed by atoms with E-state index in [0.29, 0.717) is 0 Å². The van der Waals surface area contributed by atoms with Gasteiger partial charge in [0.05, 0.1) is 0 Å². The summed E-state index contributed by atoms with van der Waals surface area (Å²) in [4.78, 5) is 0. The van der Waals surface area contributed by atoms with Gasteiger partial charge in [-0.3, -0.25) is 0 Å². The van der Waals surface area contributed by atoms with Gasteiger partial charge in [0.25, 0.3) is 0 Å². The molecule has 0 unspecified atom stereocenters. The van der Waals surface area contributed by atoms with Crippen molar-refractivity contribution in [3.8, 4) is 0 Å². The van der Waals surface area contributed by atoms with Gasteiger partial charge in [-0.1, -0.05) is 0 Å². The molecular weight excluding hydrogens is 421 g/mol. The SMILES string of the molecule is [Al].[Bi].[Ga].[In]. The van der Waals surface area contributed by atoms with Crippen molar-refractivity contribution in [3.05, 3.63) is 0 Å². The molecule has 0 fully saturated rings. The van der Waals surface area contributed by atoms with Crippen LogP contribution in [0.1, 0.15) is 0 Å². The molecule has 4 heavy (non-hydrogen) atoms. The second-order valence-electron chi connectivity index (χ2n) is 0. The van der Waals surface area contributed by atoms with E-state index in [0.717, 1.165) is 0 Å². The van der Waals surface area contributed by atoms with Crippen molar-refractivity contribution in [1.82, 2.24) is 0 Å². The molecule has 0 aromatic carbocycles. The van der Waals surface area contributed by atoms with Crippen LogP contribution in [0.5, 0.6) is 0 Å². The largest absolute Gasteiger partial charge is 0 e. The van der Waals surface area contributed by atoms with Crippen molar-refractivity contribution in [2.75, 3.05) is 0 Å². The Morgan fingerprint density at radius 3 is 1.00 bits per heavy atom. The molecule has 0 saturated carbocycles. The van der Waals surface area contributed by atoms with Crippen LogP contribution in [0.25, 0.3) is 0 Å². The molecule has 0 aliphatic heterocycles. The van der Waals surface area contributed by atoms with Crippen molar-refractivity contribution in [2.45, 2.75) is 0 Å². The summed E-state index contributed by atoms with van der Waals surface area (Å²) < 4.78 is 0. The van der Waals surface area contributed by atoms with Gasteiger partial charge in [0, 0.05) is 89.2 Å². The summed E-state index contributed by atoms with van der Waals surface area (Å²) >= 11 is 0. The van der Waals surface area contributed by atoms with Crippen molar-refractivity contribution in [2.24, 2.45) is 0 Å². The van der Waals surface area contributed by atoms with Crippen molar-refractivity contribution in [3.63, 3.8) is 0 Å². The van der Waals surface area contributed by atoms with Gasteiger partial charge in [0.1, 0.15) is 0 Å². The van der Waals surface area contributed by atoms with Crippen molar-refractivity contribution >= 4 is 89.2 Å². The zero-order valence-electron chi connectivity index (χ0n) is 2.18. The topological polar surface area (TPSA) is 0 Å². The molecule has 4 heteroatoms. The maximum absolute atomic E-state index is 0. The van der Waals surface area contributed by atoms with E-state index in [1.165, 1.54) is 0 Å². The molecule has 0 heterocycles. The fourth-order valence-electron chi connectivity index (χ4n) is 0. The third kappa shape index (κ3) is 8.87. The van der Waals surface area contributed by atoms with Crippen molar-refractivity contribution < 1.29 is 0 Å². The summed E-state index contributed by atoms with van der Waals surface area (Å²) in [7, 11) is 0. The van der Waals surface area contributed by atoms with E-state index in [2.05, 4.69) is 0 Å². The van der Waals surface area contributed by atoms with Crippen LogP contribution in [0.3, 0.4) is 0 Å². The van der Waals surface area contributed by atoms with Gasteiger partial charge in [-0.15, -0.1) is 0 Å². The first-order valence-corrected chi connectivity index (χ1v) is 0. The normalized spacial score (nSPS) is 0. The van der Waals surface area contributed by atoms with E-state index in [9.17, 15) is 0 Å². The van der Waals surface area contributed by atoms with E-state index in [1.54, 1.807) is 0 Å². The minimum absolute atomic E-state index is 0. The Morgan fingerprint density at radius 1 is 1.00 bits per heavy atom. The number of hydrogen-bond acceptors (Lipinski definition) is 0. The minimum atomic E-state index is 0. The molecule has 0 aliphatic carbocycles. The van der Waals surface area contributed by atoms with E-state index < -0.39 is 0 Å². The zero-order chi connectivity index (χ0) is 0. The van der Waals surface area contributed by atoms with Crippen molar-refractivity contribution in [1.29, 1.82) is 0 Å². The maximum atomic E-state index is 0. The van der Waals surface area contributed by atoms with Crippen LogP contribution in [0.15, 0.2) is 0 Å². The smallest absolute Gasteiger partial charge is 0 e. The summed E-state index contributed by atoms with van der Waals surface area (Å²) in [6.45, 7) is 0. The van der Waals surface area contributed by atoms with E-state index in [-0.39, 0.29) is 89.2 Å². The summed E-state index contributed by atoms with van der Waals surface area (Å²) in [5.74, 6) is 0. The number of rotatable bonds is 0. The summed E-state index contributed by atoms with van der Waals surface area (Å²) in [6, 6.07) is 0. The predicted octanol–water partition coefficient (Wildman–Crippen LogP) is -1.52. The molecule has 0 amide bonds. The maximum Gasteiger partial charge on any atom is 0 e. The Balaban J connectivity index is 0. The first-order chi connectivity index (χ1) is 0. The van der Waals surface area contributed by atoms with E-state index >= 15 is 0 Å². The Morgan fingerprint density at radius 2 is 1.00 bits per heavy atom. The third-order valence-electron chi connectivity index (χ3n) is 0. The number of hydrogen-bond donors (Lipinski definition) is 0. The van der Waals surface area contributed by atoms with E-state index in [1.807, 2.05) is 0 Å². The molecular formula is AlBiGaIn. The van der Waals surface area contributed by atoms with Crippen LogP contribution < -0.4 is 0 Å². The van der Waals surface area contributed by atoms with Crippen LogP contribution in [-0.4, -0.2) is 89.2 Å². The van der Waals surface area contributed by atoms with Crippen LogP contribution in [0.2, 0.25) is 0 Å². The molecule has 14 valence electrons. The zero-order valence-corrected chi connectivity index (χ0v) is 12.5. The second kappa shape index (κ2) is 16.8. The van der Waals surface area contributed by atoms with Crippen LogP contribution in [-0.2, 0) is 0 Å². The first kappa shape index (κ1) is 28.4. The Bertz CT molecular complexity index is 8.00. The van der Waals surface area contributed by atoms with Gasteiger partial charge in [0.2, 0.25) is 0 Å². The van der Waals surface area contributed by atoms with Crippen LogP contribution in [0, 0.1) is 0 Å². The second-order valence-corrected chi connectivity index (χ2v) is 0. The standard InChI is InChI=1S/Al.Bi.Ga.In. The van der Waals surface area contributed by atoms with E-state index in [4.69, 9.17) is 0 Å². The Hall–Kier alpha value is 2.92.